The van der Waals surface area contributed by atoms with E-state index in [0.717, 1.165) is 103 Å². The van der Waals surface area contributed by atoms with Crippen molar-refractivity contribution >= 4 is 50.8 Å². The average Bonchev–Trinajstić information content (AvgIpc) is 3.64. The van der Waals surface area contributed by atoms with Gasteiger partial charge in [-0.05, 0) is 152 Å². The molecule has 394 valence electrons. The van der Waals surface area contributed by atoms with Crippen LogP contribution in [-0.2, 0) is 18.3 Å². The second-order valence-electron chi connectivity index (χ2n) is 25.1. The van der Waals surface area contributed by atoms with E-state index in [2.05, 4.69) is 219 Å². The normalized spacial score (nSPS) is 21.6. The maximum atomic E-state index is 11.9. The number of allylic oxidation sites excluding steroid dienone is 11. The number of para-hydroxylation sites is 1. The molecule has 0 amide bonds. The van der Waals surface area contributed by atoms with E-state index in [9.17, 15) is 5.26 Å². The van der Waals surface area contributed by atoms with Crippen LogP contribution in [0.25, 0.3) is 50.5 Å². The summed E-state index contributed by atoms with van der Waals surface area (Å²) in [6, 6.07) is 32.7. The van der Waals surface area contributed by atoms with Crippen LogP contribution in [0.5, 0.6) is 0 Å². The first kappa shape index (κ1) is 49.4. The molecule has 79 heavy (non-hydrogen) atoms. The summed E-state index contributed by atoms with van der Waals surface area (Å²) in [7, 11) is 0. The Morgan fingerprint density at radius 1 is 0.709 bits per heavy atom. The Bertz CT molecular complexity index is 3970. The van der Waals surface area contributed by atoms with Crippen LogP contribution in [0, 0.1) is 22.7 Å². The predicted molar refractivity (Wildman–Crippen MR) is 328 cm³/mol. The molecule has 3 unspecified atom stereocenters. The van der Waals surface area contributed by atoms with Crippen molar-refractivity contribution in [3.63, 3.8) is 0 Å². The number of benzene rings is 4. The first-order valence-electron chi connectivity index (χ1n) is 29.3. The number of hydrogen-bond acceptors (Lipinski definition) is 5. The summed E-state index contributed by atoms with van der Waals surface area (Å²) in [6.45, 7) is 14.0. The Balaban J connectivity index is 1.04. The lowest BCUT2D eigenvalue weighted by Crippen LogP contribution is -2.34. The van der Waals surface area contributed by atoms with Crippen LogP contribution in [0.3, 0.4) is 0 Å². The number of nitrogens with zero attached hydrogens (tertiary/aromatic N) is 6. The van der Waals surface area contributed by atoms with Crippen LogP contribution in [0.4, 0.5) is 0 Å². The van der Waals surface area contributed by atoms with Crippen molar-refractivity contribution in [3.8, 4) is 17.4 Å². The summed E-state index contributed by atoms with van der Waals surface area (Å²) in [6.07, 6.45) is 39.8. The van der Waals surface area contributed by atoms with Crippen LogP contribution < -0.4 is 5.32 Å². The molecule has 1 N–H and O–H groups in total. The molecular formula is C72H71N7. The van der Waals surface area contributed by atoms with E-state index in [4.69, 9.17) is 9.98 Å². The van der Waals surface area contributed by atoms with Crippen molar-refractivity contribution in [2.24, 2.45) is 21.3 Å². The molecule has 7 nitrogen and oxygen atoms in total. The quantitative estimate of drug-likeness (QED) is 0.173. The highest BCUT2D eigenvalue weighted by Gasteiger charge is 2.45. The number of aliphatic imine (C=N–C) groups is 2. The van der Waals surface area contributed by atoms with E-state index in [0.29, 0.717) is 23.2 Å². The largest absolute Gasteiger partial charge is 0.344 e. The molecule has 0 radical (unpaired) electrons. The number of amidine groups is 2. The Kier molecular flexibility index (Phi) is 12.0. The summed E-state index contributed by atoms with van der Waals surface area (Å²) in [5, 5.41) is 18.4. The second-order valence-corrected chi connectivity index (χ2v) is 25.1. The number of hydrogen-bond donors (Lipinski definition) is 1. The zero-order chi connectivity index (χ0) is 53.7. The zero-order valence-electron chi connectivity index (χ0n) is 46.8. The van der Waals surface area contributed by atoms with Gasteiger partial charge in [-0.25, -0.2) is 9.98 Å². The fourth-order valence-corrected chi connectivity index (χ4v) is 14.1. The van der Waals surface area contributed by atoms with Crippen LogP contribution in [0.15, 0.2) is 178 Å². The van der Waals surface area contributed by atoms with E-state index < -0.39 is 6.17 Å². The highest BCUT2D eigenvalue weighted by molar-refractivity contribution is 6.16. The molecule has 0 fully saturated rings. The monoisotopic (exact) mass is 1030 g/mol. The van der Waals surface area contributed by atoms with Crippen LogP contribution >= 0.6 is 0 Å². The van der Waals surface area contributed by atoms with E-state index >= 15 is 0 Å². The summed E-state index contributed by atoms with van der Waals surface area (Å²) in [5.74, 6) is 1.70. The van der Waals surface area contributed by atoms with Gasteiger partial charge < -0.3 is 19.4 Å². The van der Waals surface area contributed by atoms with Gasteiger partial charge in [-0.15, -0.1) is 0 Å². The number of aromatic nitrogens is 2. The summed E-state index contributed by atoms with van der Waals surface area (Å²) >= 11 is 0. The van der Waals surface area contributed by atoms with Gasteiger partial charge in [0.15, 0.2) is 5.84 Å². The SMILES string of the molecule is CC(C)(C)C1=Cc2c(n(-c3cc(-n4c5c(c6ccccc64)CCC4=C5N(C5=CCCCC5)C5C=CC=CC45)c(C#N)cc3C3=NC(C4=CCCC=C4)=NC(c4ccc(C5=CC=CCC5)cc4)N3)c3ccc(C(C)(C)C)cc23)CC1. The molecule has 0 spiro atoms. The molecule has 7 heteroatoms. The van der Waals surface area contributed by atoms with Gasteiger partial charge in [-0.1, -0.05) is 169 Å². The summed E-state index contributed by atoms with van der Waals surface area (Å²) in [5.41, 5.74) is 22.5. The third-order valence-electron chi connectivity index (χ3n) is 18.2. The van der Waals surface area contributed by atoms with Crippen LogP contribution in [-0.4, -0.2) is 31.7 Å². The van der Waals surface area contributed by atoms with Crippen LogP contribution in [0.1, 0.15) is 162 Å². The molecule has 0 saturated heterocycles. The van der Waals surface area contributed by atoms with Crippen molar-refractivity contribution in [1.82, 2.24) is 19.4 Å². The maximum Gasteiger partial charge on any atom is 0.159 e. The van der Waals surface area contributed by atoms with E-state index in [1.807, 2.05) is 0 Å². The number of fused-ring (bicyclic) bond motifs is 9. The number of aryl methyl sites for hydroxylation is 1. The number of rotatable bonds is 7. The Hall–Kier alpha value is -7.95. The molecule has 6 aliphatic carbocycles. The van der Waals surface area contributed by atoms with Gasteiger partial charge in [-0.2, -0.15) is 5.26 Å². The van der Waals surface area contributed by atoms with E-state index in [-0.39, 0.29) is 16.9 Å². The van der Waals surface area contributed by atoms with Crippen molar-refractivity contribution in [2.75, 3.05) is 0 Å². The molecule has 6 aromatic rings. The van der Waals surface area contributed by atoms with Crippen LogP contribution in [0.2, 0.25) is 0 Å². The highest BCUT2D eigenvalue weighted by Crippen LogP contribution is 2.53. The lowest BCUT2D eigenvalue weighted by atomic mass is 9.79. The van der Waals surface area contributed by atoms with Crippen molar-refractivity contribution in [1.29, 1.82) is 5.26 Å². The minimum Gasteiger partial charge on any atom is -0.344 e. The van der Waals surface area contributed by atoms with Gasteiger partial charge in [0.1, 0.15) is 18.1 Å². The van der Waals surface area contributed by atoms with Gasteiger partial charge in [0.2, 0.25) is 0 Å². The Morgan fingerprint density at radius 3 is 2.33 bits per heavy atom. The van der Waals surface area contributed by atoms with E-state index in [1.165, 1.54) is 85.4 Å². The first-order valence-corrected chi connectivity index (χ1v) is 29.3. The zero-order valence-corrected chi connectivity index (χ0v) is 46.8. The first-order chi connectivity index (χ1) is 38.4. The Labute approximate surface area is 466 Å². The fourth-order valence-electron chi connectivity index (χ4n) is 14.1. The van der Waals surface area contributed by atoms with Gasteiger partial charge in [0.25, 0.3) is 0 Å². The molecule has 4 heterocycles. The van der Waals surface area contributed by atoms with Gasteiger partial charge in [-0.3, -0.25) is 0 Å². The standard InChI is InChI=1S/C72H71N7/c1-71(2,3)50-34-38-62-57(41-50)58-42-51(72(4,5)6)35-39-63(58)78(62)65-43-64(79-61-29-19-17-27-54(61)56-37-36-55-53-26-16-18-28-60(53)77(66(55)67(56)79)52-24-14-9-15-25-52)49(44-73)40-59(65)70-75-68(47-22-12-8-13-23-47)74-69(76-70)48-32-30-46(31-33-48)45-20-10-7-11-21-45/h7,10,12,16-20,22-24,26-34,38,40-43,53,60,69H,8-9,11,13-15,21,25,35-37,39H2,1-6H3,(H,74,75,76). The highest BCUT2D eigenvalue weighted by atomic mass is 15.2. The average molecular weight is 1030 g/mol. The topological polar surface area (TPSA) is 73.6 Å². The molecular weight excluding hydrogens is 963 g/mol. The lowest BCUT2D eigenvalue weighted by molar-refractivity contribution is 0.374. The van der Waals surface area contributed by atoms with Crippen molar-refractivity contribution < 1.29 is 0 Å². The molecule has 8 aliphatic rings. The molecule has 0 saturated carbocycles. The molecule has 2 aliphatic heterocycles. The molecule has 14 rings (SSSR count). The number of nitrogens with one attached hydrogen (secondary N) is 1. The minimum atomic E-state index is -0.423. The van der Waals surface area contributed by atoms with E-state index in [1.54, 1.807) is 0 Å². The summed E-state index contributed by atoms with van der Waals surface area (Å²) in [4.78, 5) is 13.7. The van der Waals surface area contributed by atoms with Gasteiger partial charge in [0.05, 0.1) is 45.4 Å². The van der Waals surface area contributed by atoms with Crippen molar-refractivity contribution in [3.05, 3.63) is 218 Å². The minimum absolute atomic E-state index is 0.0177. The van der Waals surface area contributed by atoms with Crippen molar-refractivity contribution in [2.45, 2.75) is 136 Å². The van der Waals surface area contributed by atoms with Gasteiger partial charge in [0, 0.05) is 44.8 Å². The molecule has 4 aromatic carbocycles. The fraction of sp³-hybridized carbons (Fsp3) is 0.319. The Morgan fingerprint density at radius 2 is 1.56 bits per heavy atom. The lowest BCUT2D eigenvalue weighted by Gasteiger charge is -2.35. The summed E-state index contributed by atoms with van der Waals surface area (Å²) < 4.78 is 5.06. The molecule has 0 bridgehead atoms. The predicted octanol–water partition coefficient (Wildman–Crippen LogP) is 17.1. The maximum absolute atomic E-state index is 11.9. The van der Waals surface area contributed by atoms with Gasteiger partial charge >= 0.3 is 0 Å². The molecule has 3 atom stereocenters. The second kappa shape index (κ2) is 19.2. The third-order valence-corrected chi connectivity index (χ3v) is 18.2. The molecule has 2 aromatic heterocycles. The third kappa shape index (κ3) is 8.35. The number of nitriles is 1. The smallest absolute Gasteiger partial charge is 0.159 e.